The van der Waals surface area contributed by atoms with Gasteiger partial charge in [-0.15, -0.1) is 0 Å². The molecule has 1 atom stereocenters. The molecule has 5 heteroatoms. The van der Waals surface area contributed by atoms with Gasteiger partial charge in [0.05, 0.1) is 27.8 Å². The highest BCUT2D eigenvalue weighted by Crippen LogP contribution is 2.62. The first-order valence-corrected chi connectivity index (χ1v) is 23.1. The number of anilines is 3. The maximum absolute atomic E-state index is 5.49. The number of nitrogens with zero attached hydrogens (tertiary/aromatic N) is 5. The van der Waals surface area contributed by atoms with Crippen molar-refractivity contribution in [2.24, 2.45) is 0 Å². The van der Waals surface area contributed by atoms with Crippen LogP contribution >= 0.6 is 0 Å². The minimum Gasteiger partial charge on any atom is -0.310 e. The van der Waals surface area contributed by atoms with Crippen LogP contribution in [0.1, 0.15) is 54.2 Å². The van der Waals surface area contributed by atoms with Crippen LogP contribution in [-0.2, 0) is 10.8 Å². The lowest BCUT2D eigenvalue weighted by atomic mass is 9.69. The highest BCUT2D eigenvalue weighted by molar-refractivity contribution is 6.11. The number of fused-ring (bicyclic) bond motifs is 12. The quantitative estimate of drug-likeness (QED) is 0.167. The zero-order chi connectivity index (χ0) is 45.0. The van der Waals surface area contributed by atoms with E-state index in [2.05, 4.69) is 219 Å². The Kier molecular flexibility index (Phi) is 8.47. The van der Waals surface area contributed by atoms with Crippen molar-refractivity contribution in [2.45, 2.75) is 31.6 Å². The van der Waals surface area contributed by atoms with Crippen LogP contribution in [0, 0.1) is 0 Å². The van der Waals surface area contributed by atoms with Gasteiger partial charge in [0.15, 0.2) is 11.6 Å². The lowest BCUT2D eigenvalue weighted by molar-refractivity contribution is 0.632. The van der Waals surface area contributed by atoms with E-state index in [1.165, 1.54) is 67.0 Å². The summed E-state index contributed by atoms with van der Waals surface area (Å²) < 4.78 is 2.25. The Morgan fingerprint density at radius 2 is 1.12 bits per heavy atom. The second-order valence-corrected chi connectivity index (χ2v) is 18.3. The number of hydrogen-bond acceptors (Lipinski definition) is 4. The molecule has 0 N–H and O–H groups in total. The molecule has 67 heavy (non-hydrogen) atoms. The van der Waals surface area contributed by atoms with Gasteiger partial charge in [-0.1, -0.05) is 184 Å². The fraction of sp³-hybridized carbons (Fsp3) is 0.0806. The summed E-state index contributed by atoms with van der Waals surface area (Å²) in [7, 11) is 0. The number of aromatic nitrogens is 4. The summed E-state index contributed by atoms with van der Waals surface area (Å²) in [6, 6.07) is 67.8. The Morgan fingerprint density at radius 3 is 1.88 bits per heavy atom. The molecule has 13 rings (SSSR count). The van der Waals surface area contributed by atoms with Gasteiger partial charge in [0, 0.05) is 33.0 Å². The van der Waals surface area contributed by atoms with Gasteiger partial charge in [-0.2, -0.15) is 9.97 Å². The maximum atomic E-state index is 5.49. The topological polar surface area (TPSA) is 46.8 Å². The van der Waals surface area contributed by atoms with Crippen molar-refractivity contribution >= 4 is 44.4 Å². The molecule has 5 nitrogen and oxygen atoms in total. The second kappa shape index (κ2) is 14.5. The molecule has 0 saturated heterocycles. The van der Waals surface area contributed by atoms with Crippen molar-refractivity contribution in [3.05, 3.63) is 252 Å². The predicted molar refractivity (Wildman–Crippen MR) is 276 cm³/mol. The largest absolute Gasteiger partial charge is 0.310 e. The van der Waals surface area contributed by atoms with Crippen LogP contribution < -0.4 is 4.90 Å². The molecule has 0 saturated carbocycles. The van der Waals surface area contributed by atoms with Crippen molar-refractivity contribution in [2.75, 3.05) is 4.90 Å². The Morgan fingerprint density at radius 1 is 0.493 bits per heavy atom. The van der Waals surface area contributed by atoms with E-state index in [0.29, 0.717) is 17.6 Å². The molecule has 3 heterocycles. The van der Waals surface area contributed by atoms with Crippen LogP contribution in [0.4, 0.5) is 17.1 Å². The average molecular weight is 860 g/mol. The summed E-state index contributed by atoms with van der Waals surface area (Å²) in [5.41, 5.74) is 18.9. The number of para-hydroxylation sites is 3. The minimum absolute atomic E-state index is 0.307. The minimum atomic E-state index is -0.497. The standard InChI is InChI=1S/C62H45N5/c1-5-21-48-42(6-2)43-26-13-16-29-49(43)62(48)50-30-17-14-27-44(50)46-36-40(34-35-51(46)62)59-63-58(39-22-9-7-10-23-39)64-60(65-59)67-54-32-19-15-28-45(54)47-37-57-53(38-56(47)67)61(3,4)52-31-18-20-33-55(52)66(57)41-24-11-8-12-25-41/h5-38H,2H2,1,3-4H3/b21-5-. The van der Waals surface area contributed by atoms with Gasteiger partial charge in [0.25, 0.3) is 0 Å². The van der Waals surface area contributed by atoms with Gasteiger partial charge < -0.3 is 4.90 Å². The molecule has 1 spiro atoms. The third-order valence-electron chi connectivity index (χ3n) is 14.5. The van der Waals surface area contributed by atoms with Crippen molar-refractivity contribution in [1.82, 2.24) is 19.5 Å². The molecule has 0 fully saturated rings. The molecule has 0 radical (unpaired) electrons. The second-order valence-electron chi connectivity index (χ2n) is 18.3. The van der Waals surface area contributed by atoms with E-state index in [1.807, 2.05) is 24.3 Å². The monoisotopic (exact) mass is 859 g/mol. The fourth-order valence-corrected chi connectivity index (χ4v) is 11.7. The molecule has 8 aromatic carbocycles. The zero-order valence-electron chi connectivity index (χ0n) is 37.6. The summed E-state index contributed by atoms with van der Waals surface area (Å²) in [5.74, 6) is 1.80. The Labute approximate surface area is 390 Å². The Balaban J connectivity index is 1.06. The molecule has 0 bridgehead atoms. The summed E-state index contributed by atoms with van der Waals surface area (Å²) >= 11 is 0. The lowest BCUT2D eigenvalue weighted by Gasteiger charge is -2.42. The number of rotatable bonds is 6. The highest BCUT2D eigenvalue weighted by Gasteiger charge is 2.51. The van der Waals surface area contributed by atoms with Gasteiger partial charge in [-0.25, -0.2) is 4.98 Å². The molecule has 1 unspecified atom stereocenters. The van der Waals surface area contributed by atoms with Crippen molar-refractivity contribution in [3.8, 4) is 39.9 Å². The van der Waals surface area contributed by atoms with Gasteiger partial charge in [0.2, 0.25) is 5.95 Å². The van der Waals surface area contributed by atoms with Crippen LogP contribution in [0.25, 0.3) is 67.2 Å². The maximum Gasteiger partial charge on any atom is 0.238 e. The molecule has 0 amide bonds. The zero-order valence-corrected chi connectivity index (χ0v) is 37.6. The van der Waals surface area contributed by atoms with E-state index < -0.39 is 5.41 Å². The Bertz CT molecular complexity index is 3760. The predicted octanol–water partition coefficient (Wildman–Crippen LogP) is 15.3. The van der Waals surface area contributed by atoms with Crippen molar-refractivity contribution in [3.63, 3.8) is 0 Å². The SMILES string of the molecule is C=CC1=C(/C=C\C)C2(c3ccccc31)c1ccccc1-c1cc(-c3nc(-c4ccccc4)nc(-n4c5ccccc5c5cc6c(cc54)C(C)(C)c4ccccc4N6c4ccccc4)n3)ccc12. The molecule has 1 aliphatic heterocycles. The average Bonchev–Trinajstić information content (AvgIpc) is 3.97. The lowest BCUT2D eigenvalue weighted by Crippen LogP contribution is -2.30. The van der Waals surface area contributed by atoms with Gasteiger partial charge in [0.1, 0.15) is 0 Å². The molecular formula is C62H45N5. The van der Waals surface area contributed by atoms with Crippen LogP contribution in [0.15, 0.2) is 218 Å². The highest BCUT2D eigenvalue weighted by atomic mass is 15.2. The fourth-order valence-electron chi connectivity index (χ4n) is 11.7. The first-order chi connectivity index (χ1) is 32.9. The van der Waals surface area contributed by atoms with E-state index in [9.17, 15) is 0 Å². The number of benzene rings is 8. The summed E-state index contributed by atoms with van der Waals surface area (Å²) in [4.78, 5) is 18.6. The Hall–Kier alpha value is -8.41. The summed E-state index contributed by atoms with van der Waals surface area (Å²) in [6.45, 7) is 11.1. The first-order valence-electron chi connectivity index (χ1n) is 23.1. The van der Waals surface area contributed by atoms with Crippen molar-refractivity contribution in [1.29, 1.82) is 0 Å². The summed E-state index contributed by atoms with van der Waals surface area (Å²) in [5, 5.41) is 2.27. The van der Waals surface area contributed by atoms with Crippen LogP contribution in [-0.4, -0.2) is 19.5 Å². The number of hydrogen-bond donors (Lipinski definition) is 0. The van der Waals surface area contributed by atoms with Gasteiger partial charge in [-0.05, 0) is 105 Å². The van der Waals surface area contributed by atoms with Crippen LogP contribution in [0.5, 0.6) is 0 Å². The van der Waals surface area contributed by atoms with Crippen LogP contribution in [0.2, 0.25) is 0 Å². The molecule has 2 aromatic heterocycles. The molecule has 2 aliphatic carbocycles. The van der Waals surface area contributed by atoms with E-state index >= 15 is 0 Å². The molecule has 3 aliphatic rings. The number of allylic oxidation sites excluding steroid dienone is 5. The first kappa shape index (κ1) is 39.0. The van der Waals surface area contributed by atoms with E-state index in [4.69, 9.17) is 15.0 Å². The van der Waals surface area contributed by atoms with E-state index in [1.54, 1.807) is 0 Å². The molecule has 318 valence electrons. The van der Waals surface area contributed by atoms with E-state index in [0.717, 1.165) is 38.6 Å². The van der Waals surface area contributed by atoms with Gasteiger partial charge in [-0.3, -0.25) is 4.57 Å². The smallest absolute Gasteiger partial charge is 0.238 e. The van der Waals surface area contributed by atoms with E-state index in [-0.39, 0.29) is 5.41 Å². The molecular weight excluding hydrogens is 815 g/mol. The normalized spacial score (nSPS) is 16.4. The molecule has 10 aromatic rings. The third-order valence-corrected chi connectivity index (χ3v) is 14.5. The summed E-state index contributed by atoms with van der Waals surface area (Å²) in [6.07, 6.45) is 6.46. The van der Waals surface area contributed by atoms with Crippen molar-refractivity contribution < 1.29 is 0 Å². The van der Waals surface area contributed by atoms with Crippen LogP contribution in [0.3, 0.4) is 0 Å². The van der Waals surface area contributed by atoms with Gasteiger partial charge >= 0.3 is 0 Å². The third kappa shape index (κ3) is 5.40.